The van der Waals surface area contributed by atoms with Crippen LogP contribution < -0.4 is 5.32 Å². The molecule has 0 spiro atoms. The molecule has 0 aliphatic carbocycles. The molecule has 4 nitrogen and oxygen atoms in total. The van der Waals surface area contributed by atoms with Crippen LogP contribution in [0.25, 0.3) is 11.0 Å². The Kier molecular flexibility index (Phi) is 5.43. The van der Waals surface area contributed by atoms with Gasteiger partial charge in [0.25, 0.3) is 5.91 Å². The van der Waals surface area contributed by atoms with Crippen LogP contribution >= 0.6 is 0 Å². The summed E-state index contributed by atoms with van der Waals surface area (Å²) < 4.78 is 2.28. The van der Waals surface area contributed by atoms with E-state index in [-0.39, 0.29) is 5.91 Å². The molecule has 0 saturated carbocycles. The van der Waals surface area contributed by atoms with Crippen molar-refractivity contribution in [2.45, 2.75) is 33.2 Å². The molecule has 0 fully saturated rings. The van der Waals surface area contributed by atoms with Gasteiger partial charge in [0, 0.05) is 24.2 Å². The van der Waals surface area contributed by atoms with Gasteiger partial charge in [-0.25, -0.2) is 4.98 Å². The molecule has 1 heterocycles. The number of carbonyl (C=O) groups excluding carboxylic acids is 1. The molecule has 1 amide bonds. The predicted octanol–water partition coefficient (Wildman–Crippen LogP) is 5.40. The molecule has 0 unspecified atom stereocenters. The van der Waals surface area contributed by atoms with E-state index >= 15 is 0 Å². The van der Waals surface area contributed by atoms with E-state index in [9.17, 15) is 4.79 Å². The van der Waals surface area contributed by atoms with E-state index in [0.717, 1.165) is 42.0 Å². The number of aromatic nitrogens is 2. The van der Waals surface area contributed by atoms with Crippen LogP contribution in [0.5, 0.6) is 0 Å². The fourth-order valence-electron chi connectivity index (χ4n) is 3.59. The van der Waals surface area contributed by atoms with Gasteiger partial charge >= 0.3 is 0 Å². The van der Waals surface area contributed by atoms with Crippen LogP contribution in [0, 0.1) is 6.92 Å². The van der Waals surface area contributed by atoms with Gasteiger partial charge < -0.3 is 9.88 Å². The number of benzene rings is 3. The number of hydrogen-bond acceptors (Lipinski definition) is 2. The fourth-order valence-corrected chi connectivity index (χ4v) is 3.59. The Balaban J connectivity index is 1.41. The standard InChI is InChI=1S/C25H25N3O/c1-3-28-23-7-5-4-6-22(23)27-24(28)17-12-19-10-15-21(16-11-19)26-25(29)20-13-8-18(2)9-14-20/h4-11,13-16H,3,12,17H2,1-2H3,(H,26,29). The van der Waals surface area contributed by atoms with Crippen LogP contribution in [-0.2, 0) is 19.4 Å². The van der Waals surface area contributed by atoms with E-state index in [4.69, 9.17) is 4.98 Å². The van der Waals surface area contributed by atoms with Crippen LogP contribution in [0.3, 0.4) is 0 Å². The van der Waals surface area contributed by atoms with Gasteiger partial charge in [0.05, 0.1) is 11.0 Å². The number of hydrogen-bond donors (Lipinski definition) is 1. The minimum atomic E-state index is -0.0885. The molecule has 4 aromatic rings. The third kappa shape index (κ3) is 4.21. The fraction of sp³-hybridized carbons (Fsp3) is 0.200. The molecule has 0 atom stereocenters. The van der Waals surface area contributed by atoms with E-state index in [1.54, 1.807) is 0 Å². The van der Waals surface area contributed by atoms with Crippen molar-refractivity contribution in [2.24, 2.45) is 0 Å². The van der Waals surface area contributed by atoms with Crippen molar-refractivity contribution in [3.05, 3.63) is 95.3 Å². The average Bonchev–Trinajstić information content (AvgIpc) is 3.11. The van der Waals surface area contributed by atoms with E-state index in [1.807, 2.05) is 49.4 Å². The second-order valence-corrected chi connectivity index (χ2v) is 7.28. The van der Waals surface area contributed by atoms with Gasteiger partial charge in [0.15, 0.2) is 0 Å². The molecule has 1 N–H and O–H groups in total. The third-order valence-electron chi connectivity index (χ3n) is 5.21. The van der Waals surface area contributed by atoms with Gasteiger partial charge in [-0.15, -0.1) is 0 Å². The molecular weight excluding hydrogens is 358 g/mol. The molecular formula is C25H25N3O. The highest BCUT2D eigenvalue weighted by molar-refractivity contribution is 6.04. The topological polar surface area (TPSA) is 46.9 Å². The molecule has 0 aliphatic heterocycles. The maximum atomic E-state index is 12.4. The summed E-state index contributed by atoms with van der Waals surface area (Å²) in [6.45, 7) is 5.08. The number of carbonyl (C=O) groups is 1. The van der Waals surface area contributed by atoms with Gasteiger partial charge in [0.1, 0.15) is 5.82 Å². The second kappa shape index (κ2) is 8.31. The maximum absolute atomic E-state index is 12.4. The number of rotatable bonds is 6. The molecule has 4 rings (SSSR count). The minimum absolute atomic E-state index is 0.0885. The van der Waals surface area contributed by atoms with E-state index < -0.39 is 0 Å². The van der Waals surface area contributed by atoms with Crippen LogP contribution in [-0.4, -0.2) is 15.5 Å². The molecule has 3 aromatic carbocycles. The Bertz CT molecular complexity index is 1130. The molecule has 146 valence electrons. The predicted molar refractivity (Wildman–Crippen MR) is 118 cm³/mol. The zero-order valence-corrected chi connectivity index (χ0v) is 16.9. The molecule has 1 aromatic heterocycles. The lowest BCUT2D eigenvalue weighted by atomic mass is 10.1. The second-order valence-electron chi connectivity index (χ2n) is 7.28. The van der Waals surface area contributed by atoms with Crippen molar-refractivity contribution in [2.75, 3.05) is 5.32 Å². The molecule has 0 radical (unpaired) electrons. The summed E-state index contributed by atoms with van der Waals surface area (Å²) in [5, 5.41) is 2.96. The largest absolute Gasteiger partial charge is 0.328 e. The number of amides is 1. The van der Waals surface area contributed by atoms with Gasteiger partial charge in [-0.05, 0) is 62.2 Å². The first-order valence-electron chi connectivity index (χ1n) is 10.0. The van der Waals surface area contributed by atoms with Gasteiger partial charge in [-0.2, -0.15) is 0 Å². The quantitative estimate of drug-likeness (QED) is 0.484. The Hall–Kier alpha value is -3.40. The van der Waals surface area contributed by atoms with Gasteiger partial charge in [-0.1, -0.05) is 42.0 Å². The summed E-state index contributed by atoms with van der Waals surface area (Å²) in [6, 6.07) is 23.9. The summed E-state index contributed by atoms with van der Waals surface area (Å²) >= 11 is 0. The Labute approximate surface area is 171 Å². The van der Waals surface area contributed by atoms with E-state index in [0.29, 0.717) is 5.56 Å². The number of fused-ring (bicyclic) bond motifs is 1. The van der Waals surface area contributed by atoms with Crippen LogP contribution in [0.15, 0.2) is 72.8 Å². The SMILES string of the molecule is CCn1c(CCc2ccc(NC(=O)c3ccc(C)cc3)cc2)nc2ccccc21. The number of para-hydroxylation sites is 2. The van der Waals surface area contributed by atoms with Gasteiger partial charge in [0.2, 0.25) is 0 Å². The number of anilines is 1. The highest BCUT2D eigenvalue weighted by Gasteiger charge is 2.09. The van der Waals surface area contributed by atoms with Crippen LogP contribution in [0.2, 0.25) is 0 Å². The average molecular weight is 383 g/mol. The van der Waals surface area contributed by atoms with E-state index in [1.165, 1.54) is 11.1 Å². The number of imidazole rings is 1. The smallest absolute Gasteiger partial charge is 0.255 e. The Morgan fingerprint density at radius 1 is 0.931 bits per heavy atom. The highest BCUT2D eigenvalue weighted by Crippen LogP contribution is 2.18. The van der Waals surface area contributed by atoms with Crippen molar-refractivity contribution in [3.63, 3.8) is 0 Å². The lowest BCUT2D eigenvalue weighted by Gasteiger charge is -2.08. The lowest BCUT2D eigenvalue weighted by Crippen LogP contribution is -2.11. The van der Waals surface area contributed by atoms with Crippen molar-refractivity contribution in [1.82, 2.24) is 9.55 Å². The van der Waals surface area contributed by atoms with Crippen molar-refractivity contribution < 1.29 is 4.79 Å². The Morgan fingerprint density at radius 3 is 2.38 bits per heavy atom. The van der Waals surface area contributed by atoms with E-state index in [2.05, 4.69) is 47.1 Å². The van der Waals surface area contributed by atoms with Crippen molar-refractivity contribution in [1.29, 1.82) is 0 Å². The first kappa shape index (κ1) is 18.9. The zero-order valence-electron chi connectivity index (χ0n) is 16.9. The molecule has 0 saturated heterocycles. The number of aryl methyl sites for hydroxylation is 4. The highest BCUT2D eigenvalue weighted by atomic mass is 16.1. The zero-order chi connectivity index (χ0) is 20.2. The summed E-state index contributed by atoms with van der Waals surface area (Å²) in [5.41, 5.74) is 6.09. The first-order chi connectivity index (χ1) is 14.1. The van der Waals surface area contributed by atoms with Crippen LogP contribution in [0.1, 0.15) is 34.2 Å². The van der Waals surface area contributed by atoms with Crippen LogP contribution in [0.4, 0.5) is 5.69 Å². The van der Waals surface area contributed by atoms with Gasteiger partial charge in [-0.3, -0.25) is 4.79 Å². The summed E-state index contributed by atoms with van der Waals surface area (Å²) in [4.78, 5) is 17.2. The number of nitrogens with zero attached hydrogens (tertiary/aromatic N) is 2. The van der Waals surface area contributed by atoms with Crippen molar-refractivity contribution >= 4 is 22.6 Å². The molecule has 29 heavy (non-hydrogen) atoms. The van der Waals surface area contributed by atoms with Crippen molar-refractivity contribution in [3.8, 4) is 0 Å². The monoisotopic (exact) mass is 383 g/mol. The third-order valence-corrected chi connectivity index (χ3v) is 5.21. The molecule has 0 bridgehead atoms. The molecule has 0 aliphatic rings. The Morgan fingerprint density at radius 2 is 1.66 bits per heavy atom. The number of nitrogens with one attached hydrogen (secondary N) is 1. The summed E-state index contributed by atoms with van der Waals surface area (Å²) in [7, 11) is 0. The summed E-state index contributed by atoms with van der Waals surface area (Å²) in [5.74, 6) is 1.03. The first-order valence-corrected chi connectivity index (χ1v) is 10.0. The minimum Gasteiger partial charge on any atom is -0.328 e. The summed E-state index contributed by atoms with van der Waals surface area (Å²) in [6.07, 6.45) is 1.80. The maximum Gasteiger partial charge on any atom is 0.255 e. The lowest BCUT2D eigenvalue weighted by molar-refractivity contribution is 0.102. The normalized spacial score (nSPS) is 11.0. The molecule has 4 heteroatoms.